The van der Waals surface area contributed by atoms with E-state index in [0.29, 0.717) is 0 Å². The lowest BCUT2D eigenvalue weighted by atomic mass is 9.84. The summed E-state index contributed by atoms with van der Waals surface area (Å²) >= 11 is 0. The first-order valence-electron chi connectivity index (χ1n) is 6.22. The van der Waals surface area contributed by atoms with Gasteiger partial charge in [-0.1, -0.05) is 13.3 Å². The molecule has 0 spiro atoms. The fraction of sp³-hybridized carbons (Fsp3) is 1.00. The van der Waals surface area contributed by atoms with Crippen LogP contribution in [-0.4, -0.2) is 37.2 Å². The van der Waals surface area contributed by atoms with Gasteiger partial charge in [0, 0.05) is 19.1 Å². The van der Waals surface area contributed by atoms with E-state index in [1.807, 2.05) is 0 Å². The number of ether oxygens (including phenoxy) is 1. The standard InChI is InChI=1S/C12H23NO/c1-2-11-3-5-12(6-4-11)13-7-9-14-10-8-13/h11-12H,2-10H2,1H3/t11-,12+. The minimum atomic E-state index is 0.877. The van der Waals surface area contributed by atoms with Gasteiger partial charge in [0.1, 0.15) is 0 Å². The molecule has 0 bridgehead atoms. The predicted octanol–water partition coefficient (Wildman–Crippen LogP) is 2.29. The normalized spacial score (nSPS) is 35.8. The van der Waals surface area contributed by atoms with Crippen molar-refractivity contribution in [2.45, 2.75) is 45.1 Å². The van der Waals surface area contributed by atoms with E-state index in [-0.39, 0.29) is 0 Å². The summed E-state index contributed by atoms with van der Waals surface area (Å²) in [5, 5.41) is 0. The molecule has 1 heterocycles. The Kier molecular flexibility index (Phi) is 3.82. The molecular formula is C12H23NO. The highest BCUT2D eigenvalue weighted by molar-refractivity contribution is 4.80. The van der Waals surface area contributed by atoms with E-state index in [9.17, 15) is 0 Å². The van der Waals surface area contributed by atoms with Crippen molar-refractivity contribution in [2.24, 2.45) is 5.92 Å². The molecule has 1 saturated carbocycles. The zero-order chi connectivity index (χ0) is 9.80. The number of hydrogen-bond acceptors (Lipinski definition) is 2. The third kappa shape index (κ3) is 2.48. The minimum absolute atomic E-state index is 0.877. The van der Waals surface area contributed by atoms with Gasteiger partial charge in [0.05, 0.1) is 13.2 Å². The summed E-state index contributed by atoms with van der Waals surface area (Å²) in [5.74, 6) is 1.02. The smallest absolute Gasteiger partial charge is 0.0594 e. The summed E-state index contributed by atoms with van der Waals surface area (Å²) in [6.45, 7) is 6.57. The van der Waals surface area contributed by atoms with Crippen LogP contribution in [0, 0.1) is 5.92 Å². The van der Waals surface area contributed by atoms with Gasteiger partial charge in [0.15, 0.2) is 0 Å². The third-order valence-electron chi connectivity index (χ3n) is 3.96. The molecule has 0 aromatic heterocycles. The van der Waals surface area contributed by atoms with E-state index < -0.39 is 0 Å². The van der Waals surface area contributed by atoms with E-state index in [4.69, 9.17) is 4.74 Å². The molecule has 0 atom stereocenters. The molecule has 14 heavy (non-hydrogen) atoms. The lowest BCUT2D eigenvalue weighted by molar-refractivity contribution is 0.00482. The summed E-state index contributed by atoms with van der Waals surface area (Å²) in [6.07, 6.45) is 7.16. The van der Waals surface area contributed by atoms with Crippen molar-refractivity contribution in [2.75, 3.05) is 26.3 Å². The summed E-state index contributed by atoms with van der Waals surface area (Å²) in [6, 6.07) is 0.877. The van der Waals surface area contributed by atoms with Gasteiger partial charge >= 0.3 is 0 Å². The molecule has 2 fully saturated rings. The van der Waals surface area contributed by atoms with E-state index in [0.717, 1.165) is 25.2 Å². The van der Waals surface area contributed by atoms with Crippen LogP contribution in [0.3, 0.4) is 0 Å². The molecule has 0 aromatic carbocycles. The molecule has 0 radical (unpaired) electrons. The highest BCUT2D eigenvalue weighted by atomic mass is 16.5. The molecule has 2 aliphatic rings. The molecule has 2 nitrogen and oxygen atoms in total. The first kappa shape index (κ1) is 10.4. The van der Waals surface area contributed by atoms with Crippen LogP contribution in [0.4, 0.5) is 0 Å². The number of morpholine rings is 1. The summed E-state index contributed by atoms with van der Waals surface area (Å²) < 4.78 is 5.39. The number of hydrogen-bond donors (Lipinski definition) is 0. The fourth-order valence-corrected chi connectivity index (χ4v) is 2.86. The number of rotatable bonds is 2. The molecule has 1 aliphatic carbocycles. The largest absolute Gasteiger partial charge is 0.379 e. The van der Waals surface area contributed by atoms with E-state index in [2.05, 4.69) is 11.8 Å². The van der Waals surface area contributed by atoms with Gasteiger partial charge in [0.2, 0.25) is 0 Å². The first-order valence-corrected chi connectivity index (χ1v) is 6.22. The van der Waals surface area contributed by atoms with Crippen LogP contribution in [-0.2, 0) is 4.74 Å². The maximum Gasteiger partial charge on any atom is 0.0594 e. The quantitative estimate of drug-likeness (QED) is 0.673. The number of nitrogens with zero attached hydrogens (tertiary/aromatic N) is 1. The van der Waals surface area contributed by atoms with Crippen molar-refractivity contribution in [3.05, 3.63) is 0 Å². The Bertz CT molecular complexity index is 158. The highest BCUT2D eigenvalue weighted by Gasteiger charge is 2.25. The second-order valence-corrected chi connectivity index (χ2v) is 4.73. The van der Waals surface area contributed by atoms with Crippen LogP contribution >= 0.6 is 0 Å². The molecular weight excluding hydrogens is 174 g/mol. The van der Waals surface area contributed by atoms with Crippen molar-refractivity contribution in [1.29, 1.82) is 0 Å². The van der Waals surface area contributed by atoms with E-state index in [1.54, 1.807) is 0 Å². The van der Waals surface area contributed by atoms with E-state index >= 15 is 0 Å². The average molecular weight is 197 g/mol. The summed E-state index contributed by atoms with van der Waals surface area (Å²) in [7, 11) is 0. The van der Waals surface area contributed by atoms with Crippen LogP contribution < -0.4 is 0 Å². The second kappa shape index (κ2) is 5.13. The Hall–Kier alpha value is -0.0800. The summed E-state index contributed by atoms with van der Waals surface area (Å²) in [5.41, 5.74) is 0. The second-order valence-electron chi connectivity index (χ2n) is 4.73. The van der Waals surface area contributed by atoms with Gasteiger partial charge in [-0.2, -0.15) is 0 Å². The van der Waals surface area contributed by atoms with Gasteiger partial charge in [-0.25, -0.2) is 0 Å². The zero-order valence-corrected chi connectivity index (χ0v) is 9.37. The Morgan fingerprint density at radius 2 is 1.71 bits per heavy atom. The molecule has 0 amide bonds. The van der Waals surface area contributed by atoms with E-state index in [1.165, 1.54) is 45.2 Å². The maximum absolute atomic E-state index is 5.39. The average Bonchev–Trinajstić information content (AvgIpc) is 2.30. The van der Waals surface area contributed by atoms with Crippen LogP contribution in [0.1, 0.15) is 39.0 Å². The zero-order valence-electron chi connectivity index (χ0n) is 9.37. The lowest BCUT2D eigenvalue weighted by Crippen LogP contribution is -2.44. The van der Waals surface area contributed by atoms with Gasteiger partial charge in [0.25, 0.3) is 0 Å². The van der Waals surface area contributed by atoms with Crippen molar-refractivity contribution >= 4 is 0 Å². The molecule has 2 heteroatoms. The fourth-order valence-electron chi connectivity index (χ4n) is 2.86. The van der Waals surface area contributed by atoms with Gasteiger partial charge < -0.3 is 4.74 Å². The monoisotopic (exact) mass is 197 g/mol. The molecule has 1 aliphatic heterocycles. The Labute approximate surface area is 87.6 Å². The van der Waals surface area contributed by atoms with Crippen LogP contribution in [0.2, 0.25) is 0 Å². The van der Waals surface area contributed by atoms with Crippen molar-refractivity contribution in [3.63, 3.8) is 0 Å². The molecule has 2 rings (SSSR count). The third-order valence-corrected chi connectivity index (χ3v) is 3.96. The Morgan fingerprint density at radius 1 is 1.07 bits per heavy atom. The first-order chi connectivity index (χ1) is 6.90. The molecule has 0 unspecified atom stereocenters. The molecule has 0 aromatic rings. The van der Waals surface area contributed by atoms with Gasteiger partial charge in [-0.15, -0.1) is 0 Å². The highest BCUT2D eigenvalue weighted by Crippen LogP contribution is 2.29. The van der Waals surface area contributed by atoms with Gasteiger partial charge in [-0.05, 0) is 31.6 Å². The Morgan fingerprint density at radius 3 is 2.29 bits per heavy atom. The van der Waals surface area contributed by atoms with Crippen molar-refractivity contribution in [3.8, 4) is 0 Å². The van der Waals surface area contributed by atoms with Crippen LogP contribution in [0.25, 0.3) is 0 Å². The minimum Gasteiger partial charge on any atom is -0.379 e. The predicted molar refractivity (Wildman–Crippen MR) is 58.4 cm³/mol. The Balaban J connectivity index is 1.76. The summed E-state index contributed by atoms with van der Waals surface area (Å²) in [4.78, 5) is 2.65. The lowest BCUT2D eigenvalue weighted by Gasteiger charge is -2.38. The SMILES string of the molecule is CC[C@H]1CC[C@@H](N2CCOCC2)CC1. The van der Waals surface area contributed by atoms with Crippen molar-refractivity contribution < 1.29 is 4.74 Å². The van der Waals surface area contributed by atoms with Crippen molar-refractivity contribution in [1.82, 2.24) is 4.90 Å². The molecule has 1 saturated heterocycles. The molecule has 0 N–H and O–H groups in total. The van der Waals surface area contributed by atoms with Crippen LogP contribution in [0.5, 0.6) is 0 Å². The van der Waals surface area contributed by atoms with Gasteiger partial charge in [-0.3, -0.25) is 4.90 Å². The molecule has 82 valence electrons. The van der Waals surface area contributed by atoms with Crippen LogP contribution in [0.15, 0.2) is 0 Å². The topological polar surface area (TPSA) is 12.5 Å². The maximum atomic E-state index is 5.39.